The number of benzene rings is 1. The van der Waals surface area contributed by atoms with E-state index in [1.54, 1.807) is 6.20 Å². The van der Waals surface area contributed by atoms with Crippen molar-refractivity contribution in [1.82, 2.24) is 4.98 Å². The van der Waals surface area contributed by atoms with Gasteiger partial charge in [-0.05, 0) is 30.7 Å². The zero-order valence-corrected chi connectivity index (χ0v) is 9.25. The molecule has 0 saturated heterocycles. The molecule has 1 atom stereocenters. The van der Waals surface area contributed by atoms with Crippen molar-refractivity contribution < 1.29 is 4.39 Å². The van der Waals surface area contributed by atoms with Gasteiger partial charge in [0, 0.05) is 16.4 Å². The Morgan fingerprint density at radius 1 is 1.43 bits per heavy atom. The van der Waals surface area contributed by atoms with Gasteiger partial charge in [-0.15, -0.1) is 0 Å². The fraction of sp³-hybridized carbons (Fsp3) is 0.182. The largest absolute Gasteiger partial charge is 0.253 e. The van der Waals surface area contributed by atoms with Crippen LogP contribution in [-0.2, 0) is 0 Å². The van der Waals surface area contributed by atoms with Crippen LogP contribution in [0.2, 0.25) is 0 Å². The molecule has 0 aliphatic heterocycles. The number of hydrogen-bond donors (Lipinski definition) is 0. The highest BCUT2D eigenvalue weighted by molar-refractivity contribution is 9.09. The minimum atomic E-state index is -0.260. The molecule has 3 heteroatoms. The fourth-order valence-corrected chi connectivity index (χ4v) is 1.66. The molecule has 0 bridgehead atoms. The maximum atomic E-state index is 13.5. The Hall–Kier alpha value is -0.960. The molecule has 1 aromatic heterocycles. The van der Waals surface area contributed by atoms with Crippen LogP contribution in [0.25, 0.3) is 10.9 Å². The van der Waals surface area contributed by atoms with Crippen molar-refractivity contribution in [3.05, 3.63) is 41.8 Å². The zero-order valence-electron chi connectivity index (χ0n) is 7.67. The van der Waals surface area contributed by atoms with Crippen LogP contribution >= 0.6 is 15.9 Å². The third-order valence-corrected chi connectivity index (χ3v) is 2.67. The summed E-state index contributed by atoms with van der Waals surface area (Å²) in [5, 5.41) is 0.841. The molecule has 0 aliphatic rings. The summed E-state index contributed by atoms with van der Waals surface area (Å²) in [7, 11) is 0. The van der Waals surface area contributed by atoms with Crippen molar-refractivity contribution >= 4 is 26.8 Å². The third-order valence-electron chi connectivity index (χ3n) is 2.14. The molecule has 1 unspecified atom stereocenters. The molecule has 0 spiro atoms. The summed E-state index contributed by atoms with van der Waals surface area (Å²) >= 11 is 3.42. The number of fused-ring (bicyclic) bond motifs is 1. The van der Waals surface area contributed by atoms with Crippen molar-refractivity contribution in [2.24, 2.45) is 0 Å². The van der Waals surface area contributed by atoms with E-state index in [-0.39, 0.29) is 10.6 Å². The van der Waals surface area contributed by atoms with Crippen molar-refractivity contribution in [1.29, 1.82) is 0 Å². The van der Waals surface area contributed by atoms with Crippen LogP contribution in [0.4, 0.5) is 4.39 Å². The second kappa shape index (κ2) is 3.65. The van der Waals surface area contributed by atoms with Gasteiger partial charge >= 0.3 is 0 Å². The summed E-state index contributed by atoms with van der Waals surface area (Å²) in [5.74, 6) is -0.260. The lowest BCUT2D eigenvalue weighted by Crippen LogP contribution is -1.89. The quantitative estimate of drug-likeness (QED) is 0.705. The van der Waals surface area contributed by atoms with Gasteiger partial charge in [0.15, 0.2) is 0 Å². The van der Waals surface area contributed by atoms with E-state index in [2.05, 4.69) is 20.9 Å². The molecule has 2 rings (SSSR count). The minimum absolute atomic E-state index is 0.154. The first-order valence-electron chi connectivity index (χ1n) is 4.37. The molecule has 72 valence electrons. The highest BCUT2D eigenvalue weighted by Crippen LogP contribution is 2.26. The average molecular weight is 254 g/mol. The number of nitrogens with zero attached hydrogens (tertiary/aromatic N) is 1. The summed E-state index contributed by atoms with van der Waals surface area (Å²) in [4.78, 5) is 4.15. The van der Waals surface area contributed by atoms with E-state index in [1.807, 2.05) is 25.1 Å². The monoisotopic (exact) mass is 253 g/mol. The smallest absolute Gasteiger partial charge is 0.149 e. The summed E-state index contributed by atoms with van der Waals surface area (Å²) in [5.41, 5.74) is 1.37. The van der Waals surface area contributed by atoms with Crippen molar-refractivity contribution in [2.75, 3.05) is 0 Å². The van der Waals surface area contributed by atoms with Gasteiger partial charge in [0.25, 0.3) is 0 Å². The molecule has 0 N–H and O–H groups in total. The molecule has 0 aliphatic carbocycles. The van der Waals surface area contributed by atoms with E-state index in [0.29, 0.717) is 5.52 Å². The first-order valence-corrected chi connectivity index (χ1v) is 5.28. The Labute approximate surface area is 90.1 Å². The van der Waals surface area contributed by atoms with E-state index < -0.39 is 0 Å². The number of hydrogen-bond acceptors (Lipinski definition) is 1. The molecule has 0 saturated carbocycles. The van der Waals surface area contributed by atoms with Gasteiger partial charge in [-0.1, -0.05) is 22.0 Å². The number of pyridine rings is 1. The number of rotatable bonds is 1. The first kappa shape index (κ1) is 9.59. The van der Waals surface area contributed by atoms with Gasteiger partial charge in [0.05, 0.1) is 0 Å². The summed E-state index contributed by atoms with van der Waals surface area (Å²) < 4.78 is 13.5. The Morgan fingerprint density at radius 2 is 2.21 bits per heavy atom. The van der Waals surface area contributed by atoms with E-state index in [4.69, 9.17) is 0 Å². The van der Waals surface area contributed by atoms with Crippen LogP contribution in [-0.4, -0.2) is 4.98 Å². The molecule has 0 radical (unpaired) electrons. The lowest BCUT2D eigenvalue weighted by atomic mass is 10.1. The Balaban J connectivity index is 2.72. The molecule has 1 aromatic carbocycles. The number of alkyl halides is 1. The van der Waals surface area contributed by atoms with Gasteiger partial charge < -0.3 is 0 Å². The van der Waals surface area contributed by atoms with Gasteiger partial charge in [0.2, 0.25) is 0 Å². The lowest BCUT2D eigenvalue weighted by Gasteiger charge is -2.05. The predicted octanol–water partition coefficient (Wildman–Crippen LogP) is 3.83. The van der Waals surface area contributed by atoms with Crippen molar-refractivity contribution in [3.8, 4) is 0 Å². The maximum absolute atomic E-state index is 13.5. The van der Waals surface area contributed by atoms with E-state index in [1.165, 1.54) is 6.07 Å². The van der Waals surface area contributed by atoms with Crippen molar-refractivity contribution in [2.45, 2.75) is 11.8 Å². The zero-order chi connectivity index (χ0) is 10.1. The number of halogens is 2. The molecule has 1 heterocycles. The molecule has 1 nitrogen and oxygen atoms in total. The van der Waals surface area contributed by atoms with Gasteiger partial charge in [-0.3, -0.25) is 4.98 Å². The van der Waals surface area contributed by atoms with Crippen LogP contribution in [0.3, 0.4) is 0 Å². The highest BCUT2D eigenvalue weighted by Gasteiger charge is 2.07. The van der Waals surface area contributed by atoms with Crippen LogP contribution in [0.15, 0.2) is 30.5 Å². The van der Waals surface area contributed by atoms with Crippen LogP contribution in [0.5, 0.6) is 0 Å². The fourth-order valence-electron chi connectivity index (χ4n) is 1.40. The summed E-state index contributed by atoms with van der Waals surface area (Å²) in [6, 6.07) is 7.15. The van der Waals surface area contributed by atoms with E-state index >= 15 is 0 Å². The first-order chi connectivity index (χ1) is 6.68. The highest BCUT2D eigenvalue weighted by atomic mass is 79.9. The number of aromatic nitrogens is 1. The maximum Gasteiger partial charge on any atom is 0.149 e. The molecule has 2 aromatic rings. The average Bonchev–Trinajstić information content (AvgIpc) is 2.17. The topological polar surface area (TPSA) is 12.9 Å². The van der Waals surface area contributed by atoms with E-state index in [0.717, 1.165) is 10.9 Å². The SMILES string of the molecule is CC(Br)c1cc(F)c2ncccc2c1. The summed E-state index contributed by atoms with van der Waals surface area (Å²) in [6.07, 6.45) is 1.60. The molecule has 0 amide bonds. The second-order valence-corrected chi connectivity index (χ2v) is 4.57. The minimum Gasteiger partial charge on any atom is -0.253 e. The van der Waals surface area contributed by atoms with Gasteiger partial charge in [-0.2, -0.15) is 0 Å². The van der Waals surface area contributed by atoms with Crippen LogP contribution < -0.4 is 0 Å². The summed E-state index contributed by atoms with van der Waals surface area (Å²) in [6.45, 7) is 1.97. The Bertz CT molecular complexity index is 468. The molecule has 0 fully saturated rings. The Kier molecular flexibility index (Phi) is 2.50. The van der Waals surface area contributed by atoms with Gasteiger partial charge in [-0.25, -0.2) is 4.39 Å². The normalized spacial score (nSPS) is 13.1. The van der Waals surface area contributed by atoms with Gasteiger partial charge in [0.1, 0.15) is 11.3 Å². The molecular formula is C11H9BrFN. The second-order valence-electron chi connectivity index (χ2n) is 3.19. The molecular weight excluding hydrogens is 245 g/mol. The van der Waals surface area contributed by atoms with E-state index in [9.17, 15) is 4.39 Å². The third kappa shape index (κ3) is 1.64. The lowest BCUT2D eigenvalue weighted by molar-refractivity contribution is 0.635. The van der Waals surface area contributed by atoms with Crippen molar-refractivity contribution in [3.63, 3.8) is 0 Å². The van der Waals surface area contributed by atoms with Crippen LogP contribution in [0, 0.1) is 5.82 Å². The predicted molar refractivity (Wildman–Crippen MR) is 59.0 cm³/mol. The molecule has 14 heavy (non-hydrogen) atoms. The van der Waals surface area contributed by atoms with Crippen LogP contribution in [0.1, 0.15) is 17.3 Å². The standard InChI is InChI=1S/C11H9BrFN/c1-7(12)9-5-8-3-2-4-14-11(8)10(13)6-9/h2-7H,1H3. The Morgan fingerprint density at radius 3 is 2.93 bits per heavy atom.